The van der Waals surface area contributed by atoms with Gasteiger partial charge in [-0.15, -0.1) is 0 Å². The van der Waals surface area contributed by atoms with Gasteiger partial charge in [-0.05, 0) is 18.9 Å². The molecule has 0 heterocycles. The van der Waals surface area contributed by atoms with Gasteiger partial charge in [-0.1, -0.05) is 47.0 Å². The van der Waals surface area contributed by atoms with Gasteiger partial charge in [-0.2, -0.15) is 11.8 Å². The van der Waals surface area contributed by atoms with E-state index in [1.165, 1.54) is 25.7 Å². The number of Topliss-reactive ketones (excluding diaryl/α,β-unsaturated/α-hetero) is 1. The predicted molar refractivity (Wildman–Crippen MR) is 73.2 cm³/mol. The summed E-state index contributed by atoms with van der Waals surface area (Å²) in [6.07, 6.45) is 5.24. The first-order chi connectivity index (χ1) is 7.77. The van der Waals surface area contributed by atoms with Crippen LogP contribution in [0, 0.1) is 0 Å². The third-order valence-corrected chi connectivity index (χ3v) is 4.99. The quantitative estimate of drug-likeness (QED) is 0.771. The monoisotopic (exact) mass is 298 g/mol. The predicted octanol–water partition coefficient (Wildman–Crippen LogP) is 4.31. The molecule has 0 unspecified atom stereocenters. The molecule has 0 radical (unpaired) electrons. The van der Waals surface area contributed by atoms with E-state index >= 15 is 0 Å². The molecule has 0 aromatic heterocycles. The molecule has 0 spiro atoms. The Morgan fingerprint density at radius 3 is 2.69 bits per heavy atom. The smallest absolute Gasteiger partial charge is 0.173 e. The highest BCUT2D eigenvalue weighted by molar-refractivity contribution is 9.10. The summed E-state index contributed by atoms with van der Waals surface area (Å²) in [5, 5.41) is 0.714. The minimum atomic E-state index is 0.240. The molecule has 1 nitrogen and oxygen atoms in total. The third kappa shape index (κ3) is 3.11. The van der Waals surface area contributed by atoms with Crippen molar-refractivity contribution < 1.29 is 4.79 Å². The molecule has 0 amide bonds. The Morgan fingerprint density at radius 1 is 1.31 bits per heavy atom. The van der Waals surface area contributed by atoms with Crippen molar-refractivity contribution in [3.8, 4) is 0 Å². The molecule has 0 N–H and O–H groups in total. The molecule has 16 heavy (non-hydrogen) atoms. The first-order valence-corrected chi connectivity index (χ1v) is 7.51. The Morgan fingerprint density at radius 2 is 2.00 bits per heavy atom. The van der Waals surface area contributed by atoms with Crippen LogP contribution in [0.25, 0.3) is 0 Å². The van der Waals surface area contributed by atoms with Gasteiger partial charge >= 0.3 is 0 Å². The lowest BCUT2D eigenvalue weighted by atomic mass is 10.1. The SMILES string of the molecule is O=C(CSC1CCCC1)c1ccccc1Br. The summed E-state index contributed by atoms with van der Waals surface area (Å²) in [5.74, 6) is 0.858. The number of thioether (sulfide) groups is 1. The molecule has 1 saturated carbocycles. The highest BCUT2D eigenvalue weighted by atomic mass is 79.9. The van der Waals surface area contributed by atoms with Crippen LogP contribution in [0.2, 0.25) is 0 Å². The number of carbonyl (C=O) groups excluding carboxylic acids is 1. The van der Waals surface area contributed by atoms with Crippen LogP contribution in [0.4, 0.5) is 0 Å². The second-order valence-electron chi connectivity index (χ2n) is 4.12. The van der Waals surface area contributed by atoms with Crippen LogP contribution in [0.3, 0.4) is 0 Å². The van der Waals surface area contributed by atoms with Crippen LogP contribution in [-0.4, -0.2) is 16.8 Å². The highest BCUT2D eigenvalue weighted by Crippen LogP contribution is 2.30. The minimum absolute atomic E-state index is 0.240. The number of ketones is 1. The lowest BCUT2D eigenvalue weighted by Crippen LogP contribution is -2.07. The van der Waals surface area contributed by atoms with Gasteiger partial charge in [0.05, 0.1) is 5.75 Å². The van der Waals surface area contributed by atoms with Crippen molar-refractivity contribution in [2.75, 3.05) is 5.75 Å². The zero-order chi connectivity index (χ0) is 11.4. The second kappa shape index (κ2) is 5.87. The Bertz CT molecular complexity index is 372. The lowest BCUT2D eigenvalue weighted by molar-refractivity contribution is 0.102. The van der Waals surface area contributed by atoms with Crippen molar-refractivity contribution in [3.63, 3.8) is 0 Å². The van der Waals surface area contributed by atoms with E-state index in [0.29, 0.717) is 11.0 Å². The molecule has 1 aromatic carbocycles. The van der Waals surface area contributed by atoms with Gasteiger partial charge in [-0.3, -0.25) is 4.79 Å². The van der Waals surface area contributed by atoms with Crippen LogP contribution < -0.4 is 0 Å². The number of hydrogen-bond acceptors (Lipinski definition) is 2. The first-order valence-electron chi connectivity index (χ1n) is 5.66. The Labute approximate surface area is 109 Å². The molecule has 0 saturated heterocycles. The van der Waals surface area contributed by atoms with Crippen LogP contribution in [-0.2, 0) is 0 Å². The van der Waals surface area contributed by atoms with Gasteiger partial charge in [0.1, 0.15) is 0 Å². The second-order valence-corrected chi connectivity index (χ2v) is 6.26. The van der Waals surface area contributed by atoms with Gasteiger partial charge in [0.25, 0.3) is 0 Å². The van der Waals surface area contributed by atoms with Gasteiger partial charge in [0, 0.05) is 15.3 Å². The number of hydrogen-bond donors (Lipinski definition) is 0. The number of benzene rings is 1. The molecule has 86 valence electrons. The lowest BCUT2D eigenvalue weighted by Gasteiger charge is -2.08. The van der Waals surface area contributed by atoms with Crippen molar-refractivity contribution >= 4 is 33.5 Å². The fraction of sp³-hybridized carbons (Fsp3) is 0.462. The fourth-order valence-corrected chi connectivity index (χ4v) is 3.73. The largest absolute Gasteiger partial charge is 0.293 e. The fourth-order valence-electron chi connectivity index (χ4n) is 2.01. The molecule has 1 aromatic rings. The van der Waals surface area contributed by atoms with Crippen LogP contribution in [0.5, 0.6) is 0 Å². The van der Waals surface area contributed by atoms with E-state index in [4.69, 9.17) is 0 Å². The van der Waals surface area contributed by atoms with Crippen LogP contribution >= 0.6 is 27.7 Å². The molecular weight excluding hydrogens is 284 g/mol. The normalized spacial score (nSPS) is 16.6. The maximum atomic E-state index is 12.0. The Hall–Kier alpha value is -0.280. The summed E-state index contributed by atoms with van der Waals surface area (Å²) >= 11 is 5.25. The minimum Gasteiger partial charge on any atom is -0.293 e. The van der Waals surface area contributed by atoms with Crippen LogP contribution in [0.15, 0.2) is 28.7 Å². The third-order valence-electron chi connectivity index (χ3n) is 2.93. The summed E-state index contributed by atoms with van der Waals surface area (Å²) in [6, 6.07) is 7.66. The molecule has 0 aliphatic heterocycles. The maximum Gasteiger partial charge on any atom is 0.173 e. The standard InChI is InChI=1S/C13H15BrOS/c14-12-8-4-3-7-11(12)13(15)9-16-10-5-1-2-6-10/h3-4,7-8,10H,1-2,5-6,9H2. The van der Waals surface area contributed by atoms with Crippen molar-refractivity contribution in [3.05, 3.63) is 34.3 Å². The summed E-state index contributed by atoms with van der Waals surface area (Å²) < 4.78 is 0.909. The van der Waals surface area contributed by atoms with E-state index in [-0.39, 0.29) is 5.78 Å². The summed E-state index contributed by atoms with van der Waals surface area (Å²) in [7, 11) is 0. The first kappa shape index (κ1) is 12.2. The Balaban J connectivity index is 1.90. The van der Waals surface area contributed by atoms with Crippen molar-refractivity contribution in [1.82, 2.24) is 0 Å². The zero-order valence-corrected chi connectivity index (χ0v) is 11.5. The van der Waals surface area contributed by atoms with E-state index in [1.54, 1.807) is 0 Å². The Kier molecular flexibility index (Phi) is 4.47. The van der Waals surface area contributed by atoms with Crippen LogP contribution in [0.1, 0.15) is 36.0 Å². The van der Waals surface area contributed by atoms with E-state index < -0.39 is 0 Å². The molecule has 0 bridgehead atoms. The zero-order valence-electron chi connectivity index (χ0n) is 9.12. The molecule has 1 fully saturated rings. The number of halogens is 1. The van der Waals surface area contributed by atoms with E-state index in [2.05, 4.69) is 15.9 Å². The number of rotatable bonds is 4. The maximum absolute atomic E-state index is 12.0. The molecule has 0 atom stereocenters. The topological polar surface area (TPSA) is 17.1 Å². The summed E-state index contributed by atoms with van der Waals surface area (Å²) in [5.41, 5.74) is 0.813. The molecule has 3 heteroatoms. The van der Waals surface area contributed by atoms with E-state index in [9.17, 15) is 4.79 Å². The van der Waals surface area contributed by atoms with Crippen molar-refractivity contribution in [2.24, 2.45) is 0 Å². The average molecular weight is 299 g/mol. The van der Waals surface area contributed by atoms with E-state index in [1.807, 2.05) is 36.0 Å². The van der Waals surface area contributed by atoms with Gasteiger partial charge in [-0.25, -0.2) is 0 Å². The summed E-state index contributed by atoms with van der Waals surface area (Å²) in [4.78, 5) is 12.0. The molecule has 1 aliphatic carbocycles. The highest BCUT2D eigenvalue weighted by Gasteiger charge is 2.17. The van der Waals surface area contributed by atoms with Crippen molar-refractivity contribution in [1.29, 1.82) is 0 Å². The van der Waals surface area contributed by atoms with Crippen molar-refractivity contribution in [2.45, 2.75) is 30.9 Å². The average Bonchev–Trinajstić information content (AvgIpc) is 2.79. The molecular formula is C13H15BrOS. The van der Waals surface area contributed by atoms with Gasteiger partial charge in [0.15, 0.2) is 5.78 Å². The van der Waals surface area contributed by atoms with Gasteiger partial charge < -0.3 is 0 Å². The van der Waals surface area contributed by atoms with E-state index in [0.717, 1.165) is 10.0 Å². The van der Waals surface area contributed by atoms with Gasteiger partial charge in [0.2, 0.25) is 0 Å². The molecule has 1 aliphatic rings. The summed E-state index contributed by atoms with van der Waals surface area (Å²) in [6.45, 7) is 0. The number of carbonyl (C=O) groups is 1. The molecule has 2 rings (SSSR count).